The van der Waals surface area contributed by atoms with Gasteiger partial charge in [-0.3, -0.25) is 15.1 Å². The van der Waals surface area contributed by atoms with E-state index in [9.17, 15) is 10.1 Å². The van der Waals surface area contributed by atoms with Gasteiger partial charge in [0, 0.05) is 29.3 Å². The number of hydrogen-bond acceptors (Lipinski definition) is 6. The molecule has 0 radical (unpaired) electrons. The van der Waals surface area contributed by atoms with E-state index in [1.54, 1.807) is 12.3 Å². The first kappa shape index (κ1) is 26.2. The van der Waals surface area contributed by atoms with Crippen LogP contribution in [0.3, 0.4) is 0 Å². The number of thiocarbonyl (C=S) groups is 1. The summed E-state index contributed by atoms with van der Waals surface area (Å²) in [5.74, 6) is 1.21. The highest BCUT2D eigenvalue weighted by Crippen LogP contribution is 2.44. The number of nitro benzene ring substituents is 1. The molecule has 9 nitrogen and oxygen atoms in total. The monoisotopic (exact) mass is 543 g/mol. The average molecular weight is 544 g/mol. The zero-order valence-electron chi connectivity index (χ0n) is 22.1. The van der Waals surface area contributed by atoms with Crippen LogP contribution < -0.4 is 19.7 Å². The van der Waals surface area contributed by atoms with Crippen LogP contribution in [0.2, 0.25) is 0 Å². The Kier molecular flexibility index (Phi) is 7.21. The summed E-state index contributed by atoms with van der Waals surface area (Å²) in [6.45, 7) is 6.59. The molecule has 1 saturated heterocycles. The zero-order valence-corrected chi connectivity index (χ0v) is 22.9. The third kappa shape index (κ3) is 4.79. The fourth-order valence-electron chi connectivity index (χ4n) is 5.24. The second kappa shape index (κ2) is 10.7. The standard InChI is InChI=1S/C29H29N5O4S/c1-5-38-22-12-9-20(10-13-22)33-28(27(31-29(33)39)24-8-6-7-15-30-24)23-16-18(2)32(19(23)3)25-14-11-21(34(35)36)17-26(25)37-4/h6-17,27-28H,5H2,1-4H3,(H,31,39)/t27-,28-/m1/s1. The maximum atomic E-state index is 11.4. The molecule has 1 fully saturated rings. The van der Waals surface area contributed by atoms with Crippen molar-refractivity contribution < 1.29 is 14.4 Å². The number of methoxy groups -OCH3 is 1. The number of pyridine rings is 1. The summed E-state index contributed by atoms with van der Waals surface area (Å²) in [6, 6.07) is 20.1. The Hall–Kier alpha value is -4.44. The van der Waals surface area contributed by atoms with Gasteiger partial charge in [-0.2, -0.15) is 0 Å². The Balaban J connectivity index is 1.65. The van der Waals surface area contributed by atoms with Gasteiger partial charge in [-0.15, -0.1) is 0 Å². The van der Waals surface area contributed by atoms with Crippen molar-refractivity contribution >= 4 is 28.7 Å². The van der Waals surface area contributed by atoms with E-state index in [1.165, 1.54) is 19.2 Å². The third-order valence-corrected chi connectivity index (χ3v) is 7.24. The van der Waals surface area contributed by atoms with Crippen LogP contribution >= 0.6 is 12.2 Å². The molecule has 2 aromatic carbocycles. The van der Waals surface area contributed by atoms with Crippen molar-refractivity contribution in [3.8, 4) is 17.2 Å². The fraction of sp³-hybridized carbons (Fsp3) is 0.241. The molecule has 0 saturated carbocycles. The van der Waals surface area contributed by atoms with Gasteiger partial charge in [0.25, 0.3) is 5.69 Å². The van der Waals surface area contributed by atoms with Gasteiger partial charge in [0.15, 0.2) is 5.11 Å². The van der Waals surface area contributed by atoms with Crippen molar-refractivity contribution in [2.45, 2.75) is 32.9 Å². The van der Waals surface area contributed by atoms with Crippen LogP contribution in [0.4, 0.5) is 11.4 Å². The van der Waals surface area contributed by atoms with E-state index in [-0.39, 0.29) is 17.8 Å². The smallest absolute Gasteiger partial charge is 0.273 e. The van der Waals surface area contributed by atoms with E-state index >= 15 is 0 Å². The van der Waals surface area contributed by atoms with Gasteiger partial charge in [-0.25, -0.2) is 0 Å². The molecule has 39 heavy (non-hydrogen) atoms. The number of nitro groups is 1. The molecule has 5 rings (SSSR count). The highest BCUT2D eigenvalue weighted by Gasteiger charge is 2.42. The number of non-ortho nitro benzene ring substituents is 1. The molecule has 1 aliphatic rings. The van der Waals surface area contributed by atoms with Gasteiger partial charge in [0.05, 0.1) is 48.2 Å². The molecule has 3 heterocycles. The van der Waals surface area contributed by atoms with Crippen LogP contribution in [0.1, 0.15) is 41.7 Å². The van der Waals surface area contributed by atoms with Gasteiger partial charge in [-0.05, 0) is 87.1 Å². The molecule has 1 aliphatic heterocycles. The van der Waals surface area contributed by atoms with Gasteiger partial charge < -0.3 is 24.3 Å². The van der Waals surface area contributed by atoms with E-state index in [1.807, 2.05) is 63.2 Å². The molecule has 2 atom stereocenters. The van der Waals surface area contributed by atoms with Gasteiger partial charge >= 0.3 is 0 Å². The first-order valence-corrected chi connectivity index (χ1v) is 13.0. The molecule has 200 valence electrons. The summed E-state index contributed by atoms with van der Waals surface area (Å²) in [5, 5.41) is 15.5. The number of nitrogens with zero attached hydrogens (tertiary/aromatic N) is 4. The quantitative estimate of drug-likeness (QED) is 0.165. The van der Waals surface area contributed by atoms with Crippen molar-refractivity contribution in [2.75, 3.05) is 18.6 Å². The Morgan fingerprint density at radius 3 is 2.51 bits per heavy atom. The summed E-state index contributed by atoms with van der Waals surface area (Å²) in [4.78, 5) is 17.7. The molecular formula is C29H29N5O4S. The predicted molar refractivity (Wildman–Crippen MR) is 154 cm³/mol. The predicted octanol–water partition coefficient (Wildman–Crippen LogP) is 5.98. The van der Waals surface area contributed by atoms with E-state index in [4.69, 9.17) is 21.7 Å². The van der Waals surface area contributed by atoms with Crippen molar-refractivity contribution in [1.29, 1.82) is 0 Å². The zero-order chi connectivity index (χ0) is 27.7. The minimum atomic E-state index is -0.426. The van der Waals surface area contributed by atoms with E-state index in [2.05, 4.69) is 25.8 Å². The topological polar surface area (TPSA) is 94.7 Å². The number of nitrogens with one attached hydrogen (secondary N) is 1. The Bertz CT molecular complexity index is 1520. The van der Waals surface area contributed by atoms with Crippen molar-refractivity contribution in [3.63, 3.8) is 0 Å². The second-order valence-electron chi connectivity index (χ2n) is 9.20. The van der Waals surface area contributed by atoms with Gasteiger partial charge in [0.1, 0.15) is 11.5 Å². The van der Waals surface area contributed by atoms with E-state index in [0.29, 0.717) is 17.5 Å². The normalized spacial score (nSPS) is 16.7. The van der Waals surface area contributed by atoms with Gasteiger partial charge in [-0.1, -0.05) is 6.07 Å². The summed E-state index contributed by atoms with van der Waals surface area (Å²) in [7, 11) is 1.52. The second-order valence-corrected chi connectivity index (χ2v) is 9.59. The molecule has 1 N–H and O–H groups in total. The van der Waals surface area contributed by atoms with Crippen LogP contribution in [0.5, 0.6) is 11.5 Å². The molecule has 0 amide bonds. The number of ether oxygens (including phenoxy) is 2. The first-order chi connectivity index (χ1) is 18.8. The lowest BCUT2D eigenvalue weighted by Gasteiger charge is -2.28. The number of benzene rings is 2. The molecule has 0 aliphatic carbocycles. The highest BCUT2D eigenvalue weighted by atomic mass is 32.1. The summed E-state index contributed by atoms with van der Waals surface area (Å²) in [6.07, 6.45) is 1.78. The van der Waals surface area contributed by atoms with E-state index < -0.39 is 4.92 Å². The molecular weight excluding hydrogens is 514 g/mol. The molecule has 0 unspecified atom stereocenters. The summed E-state index contributed by atoms with van der Waals surface area (Å²) in [5.41, 5.74) is 5.46. The van der Waals surface area contributed by atoms with Crippen molar-refractivity contribution in [2.24, 2.45) is 0 Å². The van der Waals surface area contributed by atoms with E-state index in [0.717, 1.165) is 39.8 Å². The van der Waals surface area contributed by atoms with Crippen LogP contribution in [0.25, 0.3) is 5.69 Å². The number of rotatable bonds is 8. The Labute approximate surface area is 232 Å². The Morgan fingerprint density at radius 2 is 1.87 bits per heavy atom. The maximum Gasteiger partial charge on any atom is 0.273 e. The minimum Gasteiger partial charge on any atom is -0.494 e. The summed E-state index contributed by atoms with van der Waals surface area (Å²) >= 11 is 5.88. The number of aromatic nitrogens is 2. The molecule has 4 aromatic rings. The Morgan fingerprint density at radius 1 is 1.10 bits per heavy atom. The third-order valence-electron chi connectivity index (χ3n) is 6.93. The largest absolute Gasteiger partial charge is 0.494 e. The average Bonchev–Trinajstić information content (AvgIpc) is 3.44. The lowest BCUT2D eigenvalue weighted by Crippen LogP contribution is -2.29. The molecule has 0 spiro atoms. The van der Waals surface area contributed by atoms with Crippen LogP contribution in [-0.2, 0) is 0 Å². The van der Waals surface area contributed by atoms with Crippen LogP contribution in [0, 0.1) is 24.0 Å². The molecule has 2 aromatic heterocycles. The lowest BCUT2D eigenvalue weighted by molar-refractivity contribution is -0.384. The summed E-state index contributed by atoms with van der Waals surface area (Å²) < 4.78 is 13.3. The number of hydrogen-bond donors (Lipinski definition) is 1. The number of aryl methyl sites for hydroxylation is 1. The van der Waals surface area contributed by atoms with Crippen molar-refractivity contribution in [1.82, 2.24) is 14.9 Å². The van der Waals surface area contributed by atoms with Crippen LogP contribution in [-0.4, -0.2) is 33.3 Å². The van der Waals surface area contributed by atoms with Crippen molar-refractivity contribution in [3.05, 3.63) is 106 Å². The molecule has 10 heteroatoms. The highest BCUT2D eigenvalue weighted by molar-refractivity contribution is 7.80. The minimum absolute atomic E-state index is 0.0273. The SMILES string of the molecule is CCOc1ccc(N2C(=S)N[C@H](c3ccccn3)[C@H]2c2cc(C)n(-c3ccc([N+](=O)[O-])cc3OC)c2C)cc1. The lowest BCUT2D eigenvalue weighted by atomic mass is 9.96. The maximum absolute atomic E-state index is 11.4. The first-order valence-electron chi connectivity index (χ1n) is 12.6. The van der Waals surface area contributed by atoms with Crippen LogP contribution in [0.15, 0.2) is 72.9 Å². The fourth-order valence-corrected chi connectivity index (χ4v) is 5.59. The number of anilines is 1. The van der Waals surface area contributed by atoms with Gasteiger partial charge in [0.2, 0.25) is 0 Å². The molecule has 0 bridgehead atoms.